The highest BCUT2D eigenvalue weighted by molar-refractivity contribution is 8.01. The maximum Gasteiger partial charge on any atom is 0.238 e. The van der Waals surface area contributed by atoms with Crippen LogP contribution in [0, 0.1) is 13.8 Å². The van der Waals surface area contributed by atoms with Crippen LogP contribution in [0.15, 0.2) is 22.7 Å². The van der Waals surface area contributed by atoms with Crippen molar-refractivity contribution in [2.75, 3.05) is 23.5 Å². The van der Waals surface area contributed by atoms with E-state index in [9.17, 15) is 9.59 Å². The third-order valence-corrected chi connectivity index (χ3v) is 5.02. The first-order chi connectivity index (χ1) is 12.3. The topological polar surface area (TPSA) is 93.5 Å². The number of hydrogen-bond acceptors (Lipinski definition) is 6. The van der Waals surface area contributed by atoms with Gasteiger partial charge in [0.15, 0.2) is 5.82 Å². The fraction of sp³-hybridized carbons (Fsp3) is 0.353. The minimum atomic E-state index is -0.438. The number of benzene rings is 1. The summed E-state index contributed by atoms with van der Waals surface area (Å²) < 4.78 is 10.1. The number of aryl methyl sites for hydroxylation is 2. The Morgan fingerprint density at radius 1 is 1.31 bits per heavy atom. The van der Waals surface area contributed by atoms with Crippen LogP contribution in [-0.2, 0) is 9.59 Å². The van der Waals surface area contributed by atoms with Gasteiger partial charge in [-0.15, -0.1) is 11.8 Å². The summed E-state index contributed by atoms with van der Waals surface area (Å²) in [6.45, 7) is 5.29. The fourth-order valence-electron chi connectivity index (χ4n) is 2.05. The lowest BCUT2D eigenvalue weighted by Gasteiger charge is -2.13. The van der Waals surface area contributed by atoms with Crippen LogP contribution in [0.1, 0.15) is 18.2 Å². The molecule has 0 aliphatic rings. The Morgan fingerprint density at radius 2 is 2.04 bits per heavy atom. The van der Waals surface area contributed by atoms with E-state index in [1.807, 2.05) is 6.92 Å². The molecule has 7 nitrogen and oxygen atoms in total. The number of ether oxygens (including phenoxy) is 1. The molecule has 1 atom stereocenters. The molecule has 0 aliphatic heterocycles. The summed E-state index contributed by atoms with van der Waals surface area (Å²) in [5.41, 5.74) is 1.36. The zero-order valence-electron chi connectivity index (χ0n) is 14.9. The Kier molecular flexibility index (Phi) is 6.93. The number of halogens is 1. The maximum atomic E-state index is 12.2. The van der Waals surface area contributed by atoms with Crippen LogP contribution in [0.4, 0.5) is 11.5 Å². The van der Waals surface area contributed by atoms with Crippen molar-refractivity contribution in [3.05, 3.63) is 34.5 Å². The van der Waals surface area contributed by atoms with Crippen LogP contribution in [0.5, 0.6) is 5.75 Å². The largest absolute Gasteiger partial charge is 0.495 e. The molecule has 2 amide bonds. The van der Waals surface area contributed by atoms with E-state index in [1.54, 1.807) is 32.0 Å². The number of nitrogens with one attached hydrogen (secondary N) is 2. The standard InChI is InChI=1S/C17H20ClN3O4S/c1-9-5-13(14(24-4)7-12(9)18)19-16(22)8-26-11(3)17(23)20-15-6-10(2)25-21-15/h5-7,11H,8H2,1-4H3,(H,19,22)(H,20,21,23)/t11-/m1/s1. The summed E-state index contributed by atoms with van der Waals surface area (Å²) in [5.74, 6) is 1.05. The summed E-state index contributed by atoms with van der Waals surface area (Å²) >= 11 is 7.26. The van der Waals surface area contributed by atoms with Gasteiger partial charge in [-0.3, -0.25) is 9.59 Å². The molecule has 26 heavy (non-hydrogen) atoms. The Bertz CT molecular complexity index is 809. The van der Waals surface area contributed by atoms with Crippen molar-refractivity contribution in [2.45, 2.75) is 26.0 Å². The number of anilines is 2. The maximum absolute atomic E-state index is 12.2. The number of hydrogen-bond donors (Lipinski definition) is 2. The van der Waals surface area contributed by atoms with E-state index >= 15 is 0 Å². The van der Waals surface area contributed by atoms with E-state index in [1.165, 1.54) is 18.9 Å². The van der Waals surface area contributed by atoms with Crippen LogP contribution >= 0.6 is 23.4 Å². The van der Waals surface area contributed by atoms with Crippen LogP contribution in [0.25, 0.3) is 0 Å². The van der Waals surface area contributed by atoms with Gasteiger partial charge in [-0.25, -0.2) is 0 Å². The van der Waals surface area contributed by atoms with Gasteiger partial charge >= 0.3 is 0 Å². The first kappa shape index (κ1) is 20.1. The lowest BCUT2D eigenvalue weighted by Crippen LogP contribution is -2.25. The highest BCUT2D eigenvalue weighted by Crippen LogP contribution is 2.31. The van der Waals surface area contributed by atoms with Gasteiger partial charge in [0.05, 0.1) is 23.8 Å². The molecule has 2 rings (SSSR count). The van der Waals surface area contributed by atoms with Crippen LogP contribution < -0.4 is 15.4 Å². The number of nitrogens with zero attached hydrogens (tertiary/aromatic N) is 1. The van der Waals surface area contributed by atoms with Gasteiger partial charge in [-0.2, -0.15) is 0 Å². The molecule has 1 aromatic heterocycles. The van der Waals surface area contributed by atoms with Crippen LogP contribution in [0.3, 0.4) is 0 Å². The van der Waals surface area contributed by atoms with E-state index in [0.29, 0.717) is 28.0 Å². The Hall–Kier alpha value is -2.19. The number of aromatic nitrogens is 1. The van der Waals surface area contributed by atoms with Crippen molar-refractivity contribution in [2.24, 2.45) is 0 Å². The molecule has 0 saturated heterocycles. The van der Waals surface area contributed by atoms with E-state index in [0.717, 1.165) is 5.56 Å². The molecule has 0 radical (unpaired) electrons. The number of methoxy groups -OCH3 is 1. The Morgan fingerprint density at radius 3 is 2.65 bits per heavy atom. The van der Waals surface area contributed by atoms with Gasteiger partial charge in [0.25, 0.3) is 0 Å². The lowest BCUT2D eigenvalue weighted by atomic mass is 10.2. The molecule has 0 bridgehead atoms. The van der Waals surface area contributed by atoms with E-state index in [2.05, 4.69) is 15.8 Å². The van der Waals surface area contributed by atoms with Crippen molar-refractivity contribution < 1.29 is 18.8 Å². The van der Waals surface area contributed by atoms with Gasteiger partial charge in [0.1, 0.15) is 11.5 Å². The van der Waals surface area contributed by atoms with Gasteiger partial charge in [0.2, 0.25) is 11.8 Å². The molecule has 2 aromatic rings. The number of thioether (sulfide) groups is 1. The minimum absolute atomic E-state index is 0.108. The number of carbonyl (C=O) groups excluding carboxylic acids is 2. The second kappa shape index (κ2) is 8.95. The monoisotopic (exact) mass is 397 g/mol. The predicted molar refractivity (Wildman–Crippen MR) is 103 cm³/mol. The third kappa shape index (κ3) is 5.40. The molecule has 1 heterocycles. The average Bonchev–Trinajstić information content (AvgIpc) is 3.00. The van der Waals surface area contributed by atoms with Gasteiger partial charge < -0.3 is 19.9 Å². The normalized spacial score (nSPS) is 11.7. The lowest BCUT2D eigenvalue weighted by molar-refractivity contribution is -0.115. The van der Waals surface area contributed by atoms with Gasteiger partial charge in [-0.1, -0.05) is 16.8 Å². The zero-order chi connectivity index (χ0) is 19.3. The Labute approximate surface area is 160 Å². The summed E-state index contributed by atoms with van der Waals surface area (Å²) in [5, 5.41) is 9.23. The molecule has 9 heteroatoms. The van der Waals surface area contributed by atoms with Crippen molar-refractivity contribution in [3.8, 4) is 5.75 Å². The molecule has 0 unspecified atom stereocenters. The summed E-state index contributed by atoms with van der Waals surface area (Å²) in [6, 6.07) is 5.01. The first-order valence-electron chi connectivity index (χ1n) is 7.80. The third-order valence-electron chi connectivity index (χ3n) is 3.47. The molecular formula is C17H20ClN3O4S. The van der Waals surface area contributed by atoms with Crippen LogP contribution in [-0.4, -0.2) is 35.1 Å². The Balaban J connectivity index is 1.88. The minimum Gasteiger partial charge on any atom is -0.495 e. The zero-order valence-corrected chi connectivity index (χ0v) is 16.5. The summed E-state index contributed by atoms with van der Waals surface area (Å²) in [4.78, 5) is 24.3. The molecule has 0 fully saturated rings. The molecule has 0 saturated carbocycles. The molecular weight excluding hydrogens is 378 g/mol. The number of amides is 2. The van der Waals surface area contributed by atoms with Crippen LogP contribution in [0.2, 0.25) is 5.02 Å². The van der Waals surface area contributed by atoms with Crippen molar-refractivity contribution >= 4 is 46.7 Å². The molecule has 1 aromatic carbocycles. The molecule has 140 valence electrons. The quantitative estimate of drug-likeness (QED) is 0.740. The van der Waals surface area contributed by atoms with Crippen molar-refractivity contribution in [1.82, 2.24) is 5.16 Å². The predicted octanol–water partition coefficient (Wildman–Crippen LogP) is 3.65. The molecule has 2 N–H and O–H groups in total. The second-order valence-electron chi connectivity index (χ2n) is 5.62. The average molecular weight is 398 g/mol. The highest BCUT2D eigenvalue weighted by atomic mass is 35.5. The summed E-state index contributed by atoms with van der Waals surface area (Å²) in [7, 11) is 1.50. The smallest absolute Gasteiger partial charge is 0.238 e. The van der Waals surface area contributed by atoms with E-state index < -0.39 is 5.25 Å². The van der Waals surface area contributed by atoms with Crippen molar-refractivity contribution in [3.63, 3.8) is 0 Å². The first-order valence-corrected chi connectivity index (χ1v) is 9.22. The SMILES string of the molecule is COc1cc(Cl)c(C)cc1NC(=O)CS[C@H](C)C(=O)Nc1cc(C)on1. The number of carbonyl (C=O) groups is 2. The van der Waals surface area contributed by atoms with E-state index in [-0.39, 0.29) is 17.6 Å². The second-order valence-corrected chi connectivity index (χ2v) is 7.35. The van der Waals surface area contributed by atoms with Gasteiger partial charge in [0, 0.05) is 17.2 Å². The molecule has 0 spiro atoms. The highest BCUT2D eigenvalue weighted by Gasteiger charge is 2.17. The van der Waals surface area contributed by atoms with Gasteiger partial charge in [-0.05, 0) is 32.4 Å². The van der Waals surface area contributed by atoms with Crippen molar-refractivity contribution in [1.29, 1.82) is 0 Å². The summed E-state index contributed by atoms with van der Waals surface area (Å²) in [6.07, 6.45) is 0. The van der Waals surface area contributed by atoms with E-state index in [4.69, 9.17) is 20.9 Å². The molecule has 0 aliphatic carbocycles. The fourth-order valence-corrected chi connectivity index (χ4v) is 2.88. The number of rotatable bonds is 7.